The van der Waals surface area contributed by atoms with Crippen LogP contribution in [0.4, 0.5) is 13.2 Å². The second-order valence-corrected chi connectivity index (χ2v) is 3.19. The SMILES string of the molecule is CCn1cc(C(C#N)NCC(F)(F)F)cn1. The summed E-state index contributed by atoms with van der Waals surface area (Å²) in [5.74, 6) is 0. The second kappa shape index (κ2) is 4.99. The molecule has 4 nitrogen and oxygen atoms in total. The number of nitrogens with one attached hydrogen (secondary N) is 1. The monoisotopic (exact) mass is 232 g/mol. The van der Waals surface area contributed by atoms with E-state index in [0.717, 1.165) is 0 Å². The highest BCUT2D eigenvalue weighted by Crippen LogP contribution is 2.16. The Hall–Kier alpha value is -1.55. The number of hydrogen-bond acceptors (Lipinski definition) is 3. The molecule has 1 heterocycles. The highest BCUT2D eigenvalue weighted by Gasteiger charge is 2.28. The summed E-state index contributed by atoms with van der Waals surface area (Å²) in [6, 6.07) is 0.780. The van der Waals surface area contributed by atoms with Crippen LogP contribution in [0.15, 0.2) is 12.4 Å². The zero-order chi connectivity index (χ0) is 12.2. The van der Waals surface area contributed by atoms with Crippen LogP contribution in [0.2, 0.25) is 0 Å². The van der Waals surface area contributed by atoms with E-state index in [9.17, 15) is 13.2 Å². The molecule has 1 unspecified atom stereocenters. The fourth-order valence-electron chi connectivity index (χ4n) is 1.16. The van der Waals surface area contributed by atoms with Crippen LogP contribution >= 0.6 is 0 Å². The third-order valence-electron chi connectivity index (χ3n) is 1.95. The molecule has 0 bridgehead atoms. The van der Waals surface area contributed by atoms with Gasteiger partial charge in [-0.15, -0.1) is 0 Å². The van der Waals surface area contributed by atoms with Crippen molar-refractivity contribution in [2.45, 2.75) is 25.7 Å². The normalized spacial score (nSPS) is 13.4. The van der Waals surface area contributed by atoms with Crippen LogP contribution in [-0.2, 0) is 6.54 Å². The van der Waals surface area contributed by atoms with Gasteiger partial charge < -0.3 is 0 Å². The molecule has 0 saturated heterocycles. The number of nitriles is 1. The van der Waals surface area contributed by atoms with E-state index in [1.54, 1.807) is 16.9 Å². The molecule has 7 heteroatoms. The van der Waals surface area contributed by atoms with Gasteiger partial charge in [0, 0.05) is 18.3 Å². The van der Waals surface area contributed by atoms with Gasteiger partial charge in [-0.1, -0.05) is 0 Å². The summed E-state index contributed by atoms with van der Waals surface area (Å²) < 4.78 is 37.4. The molecule has 0 aliphatic carbocycles. The van der Waals surface area contributed by atoms with Crippen molar-refractivity contribution >= 4 is 0 Å². The maximum absolute atomic E-state index is 11.9. The van der Waals surface area contributed by atoms with Gasteiger partial charge >= 0.3 is 6.18 Å². The molecule has 0 fully saturated rings. The summed E-state index contributed by atoms with van der Waals surface area (Å²) in [5, 5.41) is 14.8. The zero-order valence-corrected chi connectivity index (χ0v) is 8.62. The molecular weight excluding hydrogens is 221 g/mol. The summed E-state index contributed by atoms with van der Waals surface area (Å²) in [5.41, 5.74) is 0.439. The maximum Gasteiger partial charge on any atom is 0.401 e. The van der Waals surface area contributed by atoms with Gasteiger partial charge in [0.25, 0.3) is 0 Å². The summed E-state index contributed by atoms with van der Waals surface area (Å²) in [7, 11) is 0. The molecule has 1 aromatic rings. The number of halogens is 3. The van der Waals surface area contributed by atoms with Gasteiger partial charge in [-0.25, -0.2) is 0 Å². The highest BCUT2D eigenvalue weighted by atomic mass is 19.4. The number of alkyl halides is 3. The standard InChI is InChI=1S/C9H11F3N4/c1-2-16-5-7(4-15-16)8(3-13)14-6-9(10,11)12/h4-5,8,14H,2,6H2,1H3. The van der Waals surface area contributed by atoms with Gasteiger partial charge in [-0.2, -0.15) is 23.5 Å². The summed E-state index contributed by atoms with van der Waals surface area (Å²) >= 11 is 0. The van der Waals surface area contributed by atoms with E-state index in [1.165, 1.54) is 6.20 Å². The smallest absolute Gasteiger partial charge is 0.290 e. The van der Waals surface area contributed by atoms with Gasteiger partial charge in [-0.3, -0.25) is 10.00 Å². The molecule has 0 aliphatic heterocycles. The minimum Gasteiger partial charge on any atom is -0.290 e. The van der Waals surface area contributed by atoms with Crippen LogP contribution in [0, 0.1) is 11.3 Å². The van der Waals surface area contributed by atoms with Crippen molar-refractivity contribution in [3.05, 3.63) is 18.0 Å². The van der Waals surface area contributed by atoms with Gasteiger partial charge in [-0.05, 0) is 6.92 Å². The van der Waals surface area contributed by atoms with E-state index in [1.807, 2.05) is 6.92 Å². The van der Waals surface area contributed by atoms with Gasteiger partial charge in [0.05, 0.1) is 18.8 Å². The molecule has 1 N–H and O–H groups in total. The van der Waals surface area contributed by atoms with Gasteiger partial charge in [0.15, 0.2) is 0 Å². The van der Waals surface area contributed by atoms with Crippen molar-refractivity contribution in [2.24, 2.45) is 0 Å². The number of aryl methyl sites for hydroxylation is 1. The van der Waals surface area contributed by atoms with Crippen LogP contribution in [0.3, 0.4) is 0 Å². The zero-order valence-electron chi connectivity index (χ0n) is 8.62. The Balaban J connectivity index is 2.65. The topological polar surface area (TPSA) is 53.6 Å². The van der Waals surface area contributed by atoms with E-state index in [4.69, 9.17) is 5.26 Å². The Morgan fingerprint density at radius 1 is 1.62 bits per heavy atom. The Labute approximate surface area is 90.7 Å². The first kappa shape index (κ1) is 12.5. The first-order chi connectivity index (χ1) is 7.46. The lowest BCUT2D eigenvalue weighted by Gasteiger charge is -2.11. The summed E-state index contributed by atoms with van der Waals surface area (Å²) in [6.45, 7) is 1.27. The number of nitrogens with zero attached hydrogens (tertiary/aromatic N) is 3. The number of aromatic nitrogens is 2. The molecule has 1 atom stereocenters. The fraction of sp³-hybridized carbons (Fsp3) is 0.556. The molecule has 0 aromatic carbocycles. The summed E-state index contributed by atoms with van der Waals surface area (Å²) in [4.78, 5) is 0. The summed E-state index contributed by atoms with van der Waals surface area (Å²) in [6.07, 6.45) is -1.38. The lowest BCUT2D eigenvalue weighted by molar-refractivity contribution is -0.125. The van der Waals surface area contributed by atoms with Gasteiger partial charge in [0.2, 0.25) is 0 Å². The molecule has 16 heavy (non-hydrogen) atoms. The third-order valence-corrected chi connectivity index (χ3v) is 1.95. The van der Waals surface area contributed by atoms with Crippen LogP contribution in [0.5, 0.6) is 0 Å². The van der Waals surface area contributed by atoms with Crippen LogP contribution in [-0.4, -0.2) is 22.5 Å². The maximum atomic E-state index is 11.9. The number of rotatable bonds is 4. The minimum atomic E-state index is -4.32. The molecule has 0 radical (unpaired) electrons. The van der Waals surface area contributed by atoms with Crippen LogP contribution in [0.25, 0.3) is 0 Å². The van der Waals surface area contributed by atoms with Crippen molar-refractivity contribution in [1.82, 2.24) is 15.1 Å². The van der Waals surface area contributed by atoms with E-state index < -0.39 is 18.8 Å². The van der Waals surface area contributed by atoms with Crippen molar-refractivity contribution in [2.75, 3.05) is 6.54 Å². The molecular formula is C9H11F3N4. The van der Waals surface area contributed by atoms with E-state index >= 15 is 0 Å². The molecule has 0 aliphatic rings. The lowest BCUT2D eigenvalue weighted by atomic mass is 10.2. The largest absolute Gasteiger partial charge is 0.401 e. The van der Waals surface area contributed by atoms with Crippen molar-refractivity contribution in [1.29, 1.82) is 5.26 Å². The van der Waals surface area contributed by atoms with E-state index in [2.05, 4.69) is 10.4 Å². The first-order valence-corrected chi connectivity index (χ1v) is 4.68. The number of hydrogen-bond donors (Lipinski definition) is 1. The van der Waals surface area contributed by atoms with Crippen molar-refractivity contribution in [3.8, 4) is 6.07 Å². The molecule has 1 aromatic heterocycles. The fourth-order valence-corrected chi connectivity index (χ4v) is 1.16. The molecule has 0 saturated carbocycles. The average Bonchev–Trinajstić information content (AvgIpc) is 2.65. The lowest BCUT2D eigenvalue weighted by Crippen LogP contribution is -2.31. The highest BCUT2D eigenvalue weighted by molar-refractivity contribution is 5.17. The predicted octanol–water partition coefficient (Wildman–Crippen LogP) is 1.62. The second-order valence-electron chi connectivity index (χ2n) is 3.19. The first-order valence-electron chi connectivity index (χ1n) is 4.68. The Bertz CT molecular complexity index is 377. The Morgan fingerprint density at radius 3 is 2.75 bits per heavy atom. The molecule has 88 valence electrons. The molecule has 0 amide bonds. The Kier molecular flexibility index (Phi) is 3.90. The van der Waals surface area contributed by atoms with Crippen LogP contribution in [0.1, 0.15) is 18.5 Å². The van der Waals surface area contributed by atoms with E-state index in [-0.39, 0.29) is 0 Å². The van der Waals surface area contributed by atoms with Crippen molar-refractivity contribution < 1.29 is 13.2 Å². The minimum absolute atomic E-state index is 0.439. The average molecular weight is 232 g/mol. The van der Waals surface area contributed by atoms with Crippen LogP contribution < -0.4 is 5.32 Å². The van der Waals surface area contributed by atoms with E-state index in [0.29, 0.717) is 12.1 Å². The van der Waals surface area contributed by atoms with Crippen molar-refractivity contribution in [3.63, 3.8) is 0 Å². The quantitative estimate of drug-likeness (QED) is 0.858. The van der Waals surface area contributed by atoms with Gasteiger partial charge in [0.1, 0.15) is 6.04 Å². The molecule has 1 rings (SSSR count). The Morgan fingerprint density at radius 2 is 2.31 bits per heavy atom. The molecule has 0 spiro atoms. The third kappa shape index (κ3) is 3.55. The predicted molar refractivity (Wildman–Crippen MR) is 50.3 cm³/mol.